The summed E-state index contributed by atoms with van der Waals surface area (Å²) in [7, 11) is 0. The van der Waals surface area contributed by atoms with Crippen molar-refractivity contribution in [2.24, 2.45) is 5.92 Å². The Balaban J connectivity index is 3.21. The van der Waals surface area contributed by atoms with Gasteiger partial charge in [0.15, 0.2) is 0 Å². The topological polar surface area (TPSA) is 35.5 Å². The average Bonchev–Trinajstić information content (AvgIpc) is 2.19. The maximum atomic E-state index is 11.1. The first kappa shape index (κ1) is 15.4. The molecule has 0 aromatic heterocycles. The van der Waals surface area contributed by atoms with E-state index >= 15 is 0 Å². The maximum absolute atomic E-state index is 11.1. The van der Waals surface area contributed by atoms with Crippen LogP contribution in [0.15, 0.2) is 0 Å². The van der Waals surface area contributed by atoms with E-state index in [0.29, 0.717) is 6.61 Å². The average molecular weight is 230 g/mol. The van der Waals surface area contributed by atoms with Gasteiger partial charge in [-0.1, -0.05) is 33.1 Å². The van der Waals surface area contributed by atoms with E-state index in [9.17, 15) is 4.79 Å². The van der Waals surface area contributed by atoms with Crippen molar-refractivity contribution in [1.29, 1.82) is 0 Å². The fourth-order valence-corrected chi connectivity index (χ4v) is 1.29. The molecule has 0 aromatic rings. The summed E-state index contributed by atoms with van der Waals surface area (Å²) in [6.45, 7) is 8.85. The SMILES string of the molecule is CC(C)CCCCCOC(=O)COC(C)C. The Hall–Kier alpha value is -0.570. The molecule has 0 aliphatic heterocycles. The zero-order chi connectivity index (χ0) is 12.4. The molecule has 0 aromatic carbocycles. The fraction of sp³-hybridized carbons (Fsp3) is 0.923. The first-order valence-corrected chi connectivity index (χ1v) is 6.29. The lowest BCUT2D eigenvalue weighted by Crippen LogP contribution is -2.16. The summed E-state index contributed by atoms with van der Waals surface area (Å²) in [5.41, 5.74) is 0. The van der Waals surface area contributed by atoms with E-state index in [-0.39, 0.29) is 18.7 Å². The van der Waals surface area contributed by atoms with E-state index in [1.165, 1.54) is 12.8 Å². The van der Waals surface area contributed by atoms with E-state index in [0.717, 1.165) is 18.8 Å². The first-order valence-electron chi connectivity index (χ1n) is 6.29. The molecule has 0 bridgehead atoms. The van der Waals surface area contributed by atoms with Crippen LogP contribution in [0, 0.1) is 5.92 Å². The number of hydrogen-bond donors (Lipinski definition) is 0. The highest BCUT2D eigenvalue weighted by molar-refractivity contribution is 5.70. The summed E-state index contributed by atoms with van der Waals surface area (Å²) in [6.07, 6.45) is 4.65. The standard InChI is InChI=1S/C13H26O3/c1-11(2)8-6-5-7-9-15-13(14)10-16-12(3)4/h11-12H,5-10H2,1-4H3. The van der Waals surface area contributed by atoms with Gasteiger partial charge in [0.2, 0.25) is 0 Å². The molecule has 0 saturated carbocycles. The zero-order valence-electron chi connectivity index (χ0n) is 11.1. The molecule has 0 atom stereocenters. The quantitative estimate of drug-likeness (QED) is 0.451. The Morgan fingerprint density at radius 3 is 2.31 bits per heavy atom. The molecule has 0 radical (unpaired) electrons. The molecule has 0 aliphatic rings. The van der Waals surface area contributed by atoms with Gasteiger partial charge in [-0.05, 0) is 26.2 Å². The van der Waals surface area contributed by atoms with Crippen LogP contribution in [0.4, 0.5) is 0 Å². The molecule has 0 fully saturated rings. The largest absolute Gasteiger partial charge is 0.464 e. The van der Waals surface area contributed by atoms with Crippen molar-refractivity contribution in [3.8, 4) is 0 Å². The normalized spacial score (nSPS) is 11.1. The van der Waals surface area contributed by atoms with Crippen molar-refractivity contribution in [3.05, 3.63) is 0 Å². The second kappa shape index (κ2) is 9.64. The lowest BCUT2D eigenvalue weighted by molar-refractivity contribution is -0.150. The predicted molar refractivity (Wildman–Crippen MR) is 65.4 cm³/mol. The summed E-state index contributed by atoms with van der Waals surface area (Å²) >= 11 is 0. The minimum absolute atomic E-state index is 0.0731. The van der Waals surface area contributed by atoms with Crippen molar-refractivity contribution >= 4 is 5.97 Å². The van der Waals surface area contributed by atoms with Crippen LogP contribution < -0.4 is 0 Å². The Bertz CT molecular complexity index is 176. The van der Waals surface area contributed by atoms with E-state index in [4.69, 9.17) is 9.47 Å². The molecule has 0 rings (SSSR count). The number of esters is 1. The number of unbranched alkanes of at least 4 members (excludes halogenated alkanes) is 2. The Morgan fingerprint density at radius 1 is 1.06 bits per heavy atom. The van der Waals surface area contributed by atoms with E-state index < -0.39 is 0 Å². The van der Waals surface area contributed by atoms with Crippen LogP contribution in [0.5, 0.6) is 0 Å². The second-order valence-corrected chi connectivity index (χ2v) is 4.82. The van der Waals surface area contributed by atoms with Crippen LogP contribution in [0.3, 0.4) is 0 Å². The summed E-state index contributed by atoms with van der Waals surface area (Å²) in [5, 5.41) is 0. The van der Waals surface area contributed by atoms with Crippen molar-refractivity contribution in [3.63, 3.8) is 0 Å². The molecular weight excluding hydrogens is 204 g/mol. The Kier molecular flexibility index (Phi) is 9.30. The molecule has 3 nitrogen and oxygen atoms in total. The summed E-state index contributed by atoms with van der Waals surface area (Å²) in [4.78, 5) is 11.1. The third-order valence-corrected chi connectivity index (χ3v) is 2.22. The molecule has 0 saturated heterocycles. The van der Waals surface area contributed by atoms with Crippen molar-refractivity contribution in [2.45, 2.75) is 59.5 Å². The van der Waals surface area contributed by atoms with Crippen LogP contribution in [-0.4, -0.2) is 25.3 Å². The van der Waals surface area contributed by atoms with Gasteiger partial charge in [-0.25, -0.2) is 4.79 Å². The van der Waals surface area contributed by atoms with Gasteiger partial charge in [-0.2, -0.15) is 0 Å². The number of carbonyl (C=O) groups excluding carboxylic acids is 1. The summed E-state index contributed by atoms with van der Waals surface area (Å²) in [5.74, 6) is 0.513. The van der Waals surface area contributed by atoms with E-state index in [2.05, 4.69) is 13.8 Å². The predicted octanol–water partition coefficient (Wildman–Crippen LogP) is 3.17. The minimum atomic E-state index is -0.252. The van der Waals surface area contributed by atoms with Gasteiger partial charge in [0, 0.05) is 0 Å². The van der Waals surface area contributed by atoms with Crippen molar-refractivity contribution < 1.29 is 14.3 Å². The van der Waals surface area contributed by atoms with Gasteiger partial charge in [0.05, 0.1) is 12.7 Å². The van der Waals surface area contributed by atoms with E-state index in [1.807, 2.05) is 13.8 Å². The molecule has 0 amide bonds. The lowest BCUT2D eigenvalue weighted by Gasteiger charge is -2.08. The highest BCUT2D eigenvalue weighted by Gasteiger charge is 2.04. The number of hydrogen-bond acceptors (Lipinski definition) is 3. The molecule has 3 heteroatoms. The highest BCUT2D eigenvalue weighted by Crippen LogP contribution is 2.07. The van der Waals surface area contributed by atoms with E-state index in [1.54, 1.807) is 0 Å². The summed E-state index contributed by atoms with van der Waals surface area (Å²) < 4.78 is 10.2. The smallest absolute Gasteiger partial charge is 0.332 e. The molecule has 0 unspecified atom stereocenters. The zero-order valence-corrected chi connectivity index (χ0v) is 11.1. The van der Waals surface area contributed by atoms with Crippen LogP contribution in [0.25, 0.3) is 0 Å². The third kappa shape index (κ3) is 11.5. The molecule has 0 N–H and O–H groups in total. The van der Waals surface area contributed by atoms with Crippen LogP contribution in [0.2, 0.25) is 0 Å². The second-order valence-electron chi connectivity index (χ2n) is 4.82. The molecular formula is C13H26O3. The van der Waals surface area contributed by atoms with Crippen LogP contribution >= 0.6 is 0 Å². The van der Waals surface area contributed by atoms with Gasteiger partial charge in [0.25, 0.3) is 0 Å². The number of ether oxygens (including phenoxy) is 2. The minimum Gasteiger partial charge on any atom is -0.464 e. The van der Waals surface area contributed by atoms with Gasteiger partial charge >= 0.3 is 5.97 Å². The van der Waals surface area contributed by atoms with Crippen molar-refractivity contribution in [2.75, 3.05) is 13.2 Å². The van der Waals surface area contributed by atoms with Crippen LogP contribution in [0.1, 0.15) is 53.4 Å². The molecule has 0 aliphatic carbocycles. The number of rotatable bonds is 9. The molecule has 96 valence electrons. The number of carbonyl (C=O) groups is 1. The molecule has 0 heterocycles. The maximum Gasteiger partial charge on any atom is 0.332 e. The third-order valence-electron chi connectivity index (χ3n) is 2.22. The molecule has 0 spiro atoms. The van der Waals surface area contributed by atoms with Gasteiger partial charge < -0.3 is 9.47 Å². The molecule has 16 heavy (non-hydrogen) atoms. The Labute approximate surface area is 99.5 Å². The summed E-state index contributed by atoms with van der Waals surface area (Å²) in [6, 6.07) is 0. The fourth-order valence-electron chi connectivity index (χ4n) is 1.29. The lowest BCUT2D eigenvalue weighted by atomic mass is 10.1. The van der Waals surface area contributed by atoms with Gasteiger partial charge in [-0.3, -0.25) is 0 Å². The first-order chi connectivity index (χ1) is 7.52. The Morgan fingerprint density at radius 2 is 1.75 bits per heavy atom. The van der Waals surface area contributed by atoms with Crippen LogP contribution in [-0.2, 0) is 14.3 Å². The van der Waals surface area contributed by atoms with Gasteiger partial charge in [0.1, 0.15) is 6.61 Å². The van der Waals surface area contributed by atoms with Gasteiger partial charge in [-0.15, -0.1) is 0 Å². The highest BCUT2D eigenvalue weighted by atomic mass is 16.6. The monoisotopic (exact) mass is 230 g/mol. The van der Waals surface area contributed by atoms with Crippen molar-refractivity contribution in [1.82, 2.24) is 0 Å².